The zero-order valence-corrected chi connectivity index (χ0v) is 16.3. The number of thiazole rings is 2. The van der Waals surface area contributed by atoms with Crippen LogP contribution in [0.1, 0.15) is 21.3 Å². The molecular formula is C17H15N7OS2. The molecule has 0 atom stereocenters. The topological polar surface area (TPSA) is 94.3 Å². The van der Waals surface area contributed by atoms with E-state index in [0.717, 1.165) is 32.1 Å². The number of nitrogens with one attached hydrogen (secondary N) is 1. The van der Waals surface area contributed by atoms with Crippen LogP contribution in [0, 0.1) is 6.92 Å². The molecule has 0 aliphatic heterocycles. The zero-order chi connectivity index (χ0) is 18.5. The summed E-state index contributed by atoms with van der Waals surface area (Å²) in [5.41, 5.74) is 5.05. The van der Waals surface area contributed by atoms with Gasteiger partial charge in [0, 0.05) is 29.9 Å². The Hall–Kier alpha value is -2.85. The van der Waals surface area contributed by atoms with E-state index in [1.54, 1.807) is 35.1 Å². The quantitative estimate of drug-likeness (QED) is 0.503. The highest BCUT2D eigenvalue weighted by molar-refractivity contribution is 7.19. The van der Waals surface area contributed by atoms with Gasteiger partial charge in [0.1, 0.15) is 10.5 Å². The van der Waals surface area contributed by atoms with E-state index >= 15 is 0 Å². The summed E-state index contributed by atoms with van der Waals surface area (Å²) in [5.74, 6) is 0. The van der Waals surface area contributed by atoms with E-state index in [4.69, 9.17) is 4.98 Å². The van der Waals surface area contributed by atoms with E-state index in [-0.39, 0.29) is 5.56 Å². The van der Waals surface area contributed by atoms with Gasteiger partial charge in [-0.25, -0.2) is 14.6 Å². The van der Waals surface area contributed by atoms with Crippen molar-refractivity contribution in [2.24, 2.45) is 7.05 Å². The maximum absolute atomic E-state index is 12.9. The molecule has 5 aromatic heterocycles. The second kappa shape index (κ2) is 6.10. The monoisotopic (exact) mass is 397 g/mol. The lowest BCUT2D eigenvalue weighted by Crippen LogP contribution is -2.24. The molecule has 5 rings (SSSR count). The molecule has 0 saturated carbocycles. The normalized spacial score (nSPS) is 11.8. The van der Waals surface area contributed by atoms with Crippen molar-refractivity contribution >= 4 is 43.9 Å². The maximum Gasteiger partial charge on any atom is 0.291 e. The van der Waals surface area contributed by atoms with Crippen molar-refractivity contribution in [1.82, 2.24) is 34.5 Å². The summed E-state index contributed by atoms with van der Waals surface area (Å²) in [6, 6.07) is 1.83. The van der Waals surface area contributed by atoms with Gasteiger partial charge in [-0.05, 0) is 13.0 Å². The smallest absolute Gasteiger partial charge is 0.291 e. The van der Waals surface area contributed by atoms with Gasteiger partial charge in [0.05, 0.1) is 34.3 Å². The van der Waals surface area contributed by atoms with E-state index in [0.29, 0.717) is 18.5 Å². The Morgan fingerprint density at radius 2 is 2.22 bits per heavy atom. The average molecular weight is 397 g/mol. The molecule has 0 spiro atoms. The molecule has 0 unspecified atom stereocenters. The maximum atomic E-state index is 12.9. The summed E-state index contributed by atoms with van der Waals surface area (Å²) in [4.78, 5) is 23.3. The lowest BCUT2D eigenvalue weighted by atomic mass is 10.3. The number of hydrogen-bond donors (Lipinski definition) is 1. The van der Waals surface area contributed by atoms with E-state index in [1.807, 2.05) is 23.2 Å². The highest BCUT2D eigenvalue weighted by Crippen LogP contribution is 2.32. The molecular weight excluding hydrogens is 382 g/mol. The highest BCUT2D eigenvalue weighted by atomic mass is 32.1. The van der Waals surface area contributed by atoms with Crippen molar-refractivity contribution in [2.75, 3.05) is 0 Å². The lowest BCUT2D eigenvalue weighted by molar-refractivity contribution is 0.631. The molecule has 136 valence electrons. The molecule has 0 aromatic carbocycles. The Labute approximate surface area is 161 Å². The fraction of sp³-hybridized carbons (Fsp3) is 0.235. The van der Waals surface area contributed by atoms with Crippen LogP contribution in [-0.2, 0) is 20.0 Å². The average Bonchev–Trinajstić information content (AvgIpc) is 3.41. The van der Waals surface area contributed by atoms with Crippen molar-refractivity contribution in [3.05, 3.63) is 55.6 Å². The van der Waals surface area contributed by atoms with Crippen LogP contribution in [0.5, 0.6) is 0 Å². The Morgan fingerprint density at radius 1 is 1.33 bits per heavy atom. The molecule has 0 fully saturated rings. The van der Waals surface area contributed by atoms with Crippen LogP contribution in [0.15, 0.2) is 28.8 Å². The largest absolute Gasteiger partial charge is 0.323 e. The molecule has 27 heavy (non-hydrogen) atoms. The Bertz CT molecular complexity index is 1320. The van der Waals surface area contributed by atoms with Gasteiger partial charge in [-0.15, -0.1) is 22.7 Å². The fourth-order valence-electron chi connectivity index (χ4n) is 3.20. The minimum Gasteiger partial charge on any atom is -0.323 e. The molecule has 10 heteroatoms. The predicted molar refractivity (Wildman–Crippen MR) is 105 cm³/mol. The summed E-state index contributed by atoms with van der Waals surface area (Å²) < 4.78 is 4.30. The van der Waals surface area contributed by atoms with E-state index in [1.165, 1.54) is 9.56 Å². The van der Waals surface area contributed by atoms with Crippen LogP contribution in [-0.4, -0.2) is 34.5 Å². The fourth-order valence-corrected chi connectivity index (χ4v) is 4.91. The number of rotatable bonds is 4. The second-order valence-electron chi connectivity index (χ2n) is 6.30. The van der Waals surface area contributed by atoms with Gasteiger partial charge in [-0.1, -0.05) is 0 Å². The van der Waals surface area contributed by atoms with Crippen molar-refractivity contribution < 1.29 is 0 Å². The van der Waals surface area contributed by atoms with E-state index in [9.17, 15) is 4.79 Å². The molecule has 0 aliphatic rings. The molecule has 0 amide bonds. The highest BCUT2D eigenvalue weighted by Gasteiger charge is 2.19. The molecule has 1 N–H and O–H groups in total. The number of H-pyrrole nitrogens is 1. The zero-order valence-electron chi connectivity index (χ0n) is 14.6. The van der Waals surface area contributed by atoms with Gasteiger partial charge in [0.15, 0.2) is 5.65 Å². The van der Waals surface area contributed by atoms with Crippen molar-refractivity contribution in [3.63, 3.8) is 0 Å². The molecule has 0 bridgehead atoms. The number of nitrogens with zero attached hydrogens (tertiary/aromatic N) is 6. The molecule has 5 aromatic rings. The SMILES string of the molecule is Cc1scnc1Cc1nc2c(s1)c1cnn(Cc3ccn[nH]3)c(=O)c1n2C. The van der Waals surface area contributed by atoms with Gasteiger partial charge in [0.25, 0.3) is 5.56 Å². The van der Waals surface area contributed by atoms with E-state index in [2.05, 4.69) is 27.2 Å². The van der Waals surface area contributed by atoms with Gasteiger partial charge in [-0.2, -0.15) is 10.2 Å². The predicted octanol–water partition coefficient (Wildman–Crippen LogP) is 2.47. The number of hydrogen-bond acceptors (Lipinski definition) is 7. The third-order valence-electron chi connectivity index (χ3n) is 4.61. The van der Waals surface area contributed by atoms with Gasteiger partial charge in [0.2, 0.25) is 0 Å². The first-order chi connectivity index (χ1) is 13.1. The van der Waals surface area contributed by atoms with Crippen LogP contribution in [0.25, 0.3) is 21.3 Å². The minimum atomic E-state index is -0.133. The minimum absolute atomic E-state index is 0.133. The number of aromatic nitrogens is 7. The molecule has 5 heterocycles. The summed E-state index contributed by atoms with van der Waals surface area (Å²) in [6.07, 6.45) is 4.12. The van der Waals surface area contributed by atoms with Crippen molar-refractivity contribution in [1.29, 1.82) is 0 Å². The summed E-state index contributed by atoms with van der Waals surface area (Å²) in [6.45, 7) is 2.43. The second-order valence-corrected chi connectivity index (χ2v) is 8.45. The first kappa shape index (κ1) is 16.3. The number of aromatic amines is 1. The first-order valence-electron chi connectivity index (χ1n) is 8.33. The molecule has 0 saturated heterocycles. The van der Waals surface area contributed by atoms with Crippen LogP contribution in [0.4, 0.5) is 0 Å². The third kappa shape index (κ3) is 2.60. The molecule has 8 nitrogen and oxygen atoms in total. The Balaban J connectivity index is 1.61. The number of aryl methyl sites for hydroxylation is 2. The summed E-state index contributed by atoms with van der Waals surface area (Å²) in [7, 11) is 1.88. The van der Waals surface area contributed by atoms with Crippen LogP contribution >= 0.6 is 22.7 Å². The third-order valence-corrected chi connectivity index (χ3v) is 6.49. The summed E-state index contributed by atoms with van der Waals surface area (Å²) >= 11 is 3.25. The number of fused-ring (bicyclic) bond motifs is 3. The van der Waals surface area contributed by atoms with Crippen molar-refractivity contribution in [3.8, 4) is 0 Å². The lowest BCUT2D eigenvalue weighted by Gasteiger charge is -2.04. The van der Waals surface area contributed by atoms with Crippen LogP contribution in [0.3, 0.4) is 0 Å². The van der Waals surface area contributed by atoms with E-state index < -0.39 is 0 Å². The Kier molecular flexibility index (Phi) is 3.69. The molecule has 0 radical (unpaired) electrons. The van der Waals surface area contributed by atoms with Crippen LogP contribution < -0.4 is 5.56 Å². The Morgan fingerprint density at radius 3 is 2.96 bits per heavy atom. The van der Waals surface area contributed by atoms with Gasteiger partial charge in [-0.3, -0.25) is 9.89 Å². The first-order valence-corrected chi connectivity index (χ1v) is 10.0. The van der Waals surface area contributed by atoms with Gasteiger partial charge < -0.3 is 4.57 Å². The summed E-state index contributed by atoms with van der Waals surface area (Å²) in [5, 5.41) is 13.0. The molecule has 0 aliphatic carbocycles. The standard InChI is InChI=1S/C17H15N7OS2/c1-9-12(18-8-26-9)5-13-21-16-15(27-13)11-6-20-24(7-10-3-4-19-22-10)17(25)14(11)23(16)2/h3-4,6,8H,5,7H2,1-2H3,(H,19,22). The van der Waals surface area contributed by atoms with Gasteiger partial charge >= 0.3 is 0 Å². The van der Waals surface area contributed by atoms with Crippen molar-refractivity contribution in [2.45, 2.75) is 19.9 Å². The van der Waals surface area contributed by atoms with Crippen LogP contribution in [0.2, 0.25) is 0 Å².